The molecule has 22 heavy (non-hydrogen) atoms. The van der Waals surface area contributed by atoms with Crippen molar-refractivity contribution in [1.82, 2.24) is 0 Å². The summed E-state index contributed by atoms with van der Waals surface area (Å²) in [6, 6.07) is 10.5. The van der Waals surface area contributed by atoms with Crippen molar-refractivity contribution in [1.29, 1.82) is 0 Å². The number of anilines is 1. The lowest BCUT2D eigenvalue weighted by atomic mass is 10.2. The van der Waals surface area contributed by atoms with Crippen LogP contribution in [0.5, 0.6) is 11.5 Å². The van der Waals surface area contributed by atoms with Gasteiger partial charge in [-0.3, -0.25) is 0 Å². The Morgan fingerprint density at radius 2 is 2.05 bits per heavy atom. The van der Waals surface area contributed by atoms with Gasteiger partial charge in [-0.15, -0.1) is 0 Å². The number of fused-ring (bicyclic) bond motifs is 1. The Bertz CT molecular complexity index is 732. The molecule has 1 unspecified atom stereocenters. The first-order chi connectivity index (χ1) is 10.6. The van der Waals surface area contributed by atoms with E-state index in [9.17, 15) is 4.79 Å². The molecule has 0 bridgehead atoms. The minimum Gasteiger partial charge on any atom is -0.497 e. The van der Waals surface area contributed by atoms with Crippen LogP contribution in [0.1, 0.15) is 22.1 Å². The lowest BCUT2D eigenvalue weighted by Gasteiger charge is -2.14. The molecule has 1 N–H and O–H groups in total. The van der Waals surface area contributed by atoms with Gasteiger partial charge in [0.2, 0.25) is 0 Å². The van der Waals surface area contributed by atoms with Crippen molar-refractivity contribution in [3.8, 4) is 11.5 Å². The second-order valence-electron chi connectivity index (χ2n) is 4.73. The Morgan fingerprint density at radius 3 is 2.73 bits per heavy atom. The average molecular weight is 320 g/mol. The summed E-state index contributed by atoms with van der Waals surface area (Å²) in [7, 11) is 2.93. The van der Waals surface area contributed by atoms with Crippen LogP contribution < -0.4 is 14.8 Å². The van der Waals surface area contributed by atoms with Gasteiger partial charge in [0.05, 0.1) is 30.5 Å². The maximum Gasteiger partial charge on any atom is 0.337 e. The SMILES string of the molecule is COC(=O)c1ccc2c(c1)OC(c1ccc(OC)cc1Cl)N2. The monoisotopic (exact) mass is 319 g/mol. The summed E-state index contributed by atoms with van der Waals surface area (Å²) in [4.78, 5) is 11.6. The van der Waals surface area contributed by atoms with Gasteiger partial charge in [-0.1, -0.05) is 11.6 Å². The molecule has 2 aromatic carbocycles. The fourth-order valence-corrected chi connectivity index (χ4v) is 2.54. The molecule has 0 saturated heterocycles. The van der Waals surface area contributed by atoms with Gasteiger partial charge in [0, 0.05) is 5.56 Å². The van der Waals surface area contributed by atoms with E-state index in [0.717, 1.165) is 11.3 Å². The summed E-state index contributed by atoms with van der Waals surface area (Å²) in [5.41, 5.74) is 2.02. The van der Waals surface area contributed by atoms with E-state index in [1.807, 2.05) is 12.1 Å². The highest BCUT2D eigenvalue weighted by molar-refractivity contribution is 6.31. The standard InChI is InChI=1S/C16H14ClNO4/c1-20-10-4-5-11(12(17)8-10)15-18-13-6-3-9(16(19)21-2)7-14(13)22-15/h3-8,15,18H,1-2H3. The van der Waals surface area contributed by atoms with Crippen LogP contribution >= 0.6 is 11.6 Å². The third kappa shape index (κ3) is 2.55. The molecule has 1 heterocycles. The number of carbonyl (C=O) groups is 1. The van der Waals surface area contributed by atoms with E-state index < -0.39 is 12.2 Å². The number of methoxy groups -OCH3 is 2. The molecule has 0 aromatic heterocycles. The highest BCUT2D eigenvalue weighted by atomic mass is 35.5. The van der Waals surface area contributed by atoms with Gasteiger partial charge >= 0.3 is 5.97 Å². The molecule has 0 amide bonds. The molecule has 0 aliphatic carbocycles. The number of ether oxygens (including phenoxy) is 3. The van der Waals surface area contributed by atoms with Gasteiger partial charge in [0.1, 0.15) is 11.5 Å². The number of esters is 1. The van der Waals surface area contributed by atoms with Gasteiger partial charge in [0.15, 0.2) is 6.23 Å². The largest absolute Gasteiger partial charge is 0.497 e. The second kappa shape index (κ2) is 5.77. The summed E-state index contributed by atoms with van der Waals surface area (Å²) < 4.78 is 15.7. The highest BCUT2D eigenvalue weighted by Crippen LogP contribution is 2.40. The maximum absolute atomic E-state index is 11.6. The molecular formula is C16H14ClNO4. The average Bonchev–Trinajstić information content (AvgIpc) is 2.96. The molecule has 6 heteroatoms. The molecule has 1 aliphatic rings. The molecule has 3 rings (SSSR count). The molecule has 0 spiro atoms. The number of hydrogen-bond donors (Lipinski definition) is 1. The van der Waals surface area contributed by atoms with E-state index in [1.165, 1.54) is 7.11 Å². The van der Waals surface area contributed by atoms with E-state index in [-0.39, 0.29) is 0 Å². The first-order valence-electron chi connectivity index (χ1n) is 6.61. The van der Waals surface area contributed by atoms with E-state index in [2.05, 4.69) is 5.32 Å². The summed E-state index contributed by atoms with van der Waals surface area (Å²) in [6.45, 7) is 0. The number of benzene rings is 2. The topological polar surface area (TPSA) is 56.8 Å². The fraction of sp³-hybridized carbons (Fsp3) is 0.188. The highest BCUT2D eigenvalue weighted by Gasteiger charge is 2.26. The van der Waals surface area contributed by atoms with Crippen LogP contribution in [0.4, 0.5) is 5.69 Å². The van der Waals surface area contributed by atoms with Crippen LogP contribution in [0.15, 0.2) is 36.4 Å². The Labute approximate surface area is 132 Å². The minimum absolute atomic E-state index is 0.405. The summed E-state index contributed by atoms with van der Waals surface area (Å²) >= 11 is 6.26. The van der Waals surface area contributed by atoms with Gasteiger partial charge in [-0.2, -0.15) is 0 Å². The Balaban J connectivity index is 1.86. The predicted octanol–water partition coefficient (Wildman–Crippen LogP) is 3.64. The van der Waals surface area contributed by atoms with E-state index >= 15 is 0 Å². The summed E-state index contributed by atoms with van der Waals surface area (Å²) in [5, 5.41) is 3.75. The van der Waals surface area contributed by atoms with E-state index in [0.29, 0.717) is 22.1 Å². The third-order valence-corrected chi connectivity index (χ3v) is 3.75. The first-order valence-corrected chi connectivity index (χ1v) is 6.99. The molecule has 0 saturated carbocycles. The zero-order valence-electron chi connectivity index (χ0n) is 12.1. The lowest BCUT2D eigenvalue weighted by molar-refractivity contribution is 0.0600. The number of rotatable bonds is 3. The molecular weight excluding hydrogens is 306 g/mol. The zero-order valence-corrected chi connectivity index (χ0v) is 12.8. The van der Waals surface area contributed by atoms with Gasteiger partial charge in [-0.05, 0) is 36.4 Å². The van der Waals surface area contributed by atoms with Crippen molar-refractivity contribution in [2.45, 2.75) is 6.23 Å². The van der Waals surface area contributed by atoms with Crippen LogP contribution in [-0.2, 0) is 4.74 Å². The smallest absolute Gasteiger partial charge is 0.337 e. The number of nitrogens with one attached hydrogen (secondary N) is 1. The molecule has 1 aliphatic heterocycles. The number of hydrogen-bond acceptors (Lipinski definition) is 5. The van der Waals surface area contributed by atoms with Gasteiger partial charge in [-0.25, -0.2) is 4.79 Å². The Hall–Kier alpha value is -2.40. The molecule has 5 nitrogen and oxygen atoms in total. The summed E-state index contributed by atoms with van der Waals surface area (Å²) in [5.74, 6) is 0.856. The van der Waals surface area contributed by atoms with Gasteiger partial charge < -0.3 is 19.5 Å². The normalized spacial score (nSPS) is 15.5. The zero-order chi connectivity index (χ0) is 15.7. The number of halogens is 1. The fourth-order valence-electron chi connectivity index (χ4n) is 2.27. The van der Waals surface area contributed by atoms with Crippen LogP contribution in [0.3, 0.4) is 0 Å². The maximum atomic E-state index is 11.6. The lowest BCUT2D eigenvalue weighted by Crippen LogP contribution is -2.10. The Morgan fingerprint density at radius 1 is 1.23 bits per heavy atom. The van der Waals surface area contributed by atoms with Crippen molar-refractivity contribution in [2.75, 3.05) is 19.5 Å². The predicted molar refractivity (Wildman–Crippen MR) is 82.8 cm³/mol. The molecule has 0 fully saturated rings. The van der Waals surface area contributed by atoms with E-state index in [4.69, 9.17) is 25.8 Å². The Kier molecular flexibility index (Phi) is 3.81. The van der Waals surface area contributed by atoms with Crippen LogP contribution in [0.2, 0.25) is 5.02 Å². The quantitative estimate of drug-likeness (QED) is 0.875. The second-order valence-corrected chi connectivity index (χ2v) is 5.14. The van der Waals surface area contributed by atoms with Gasteiger partial charge in [0.25, 0.3) is 0 Å². The summed E-state index contributed by atoms with van der Waals surface area (Å²) in [6.07, 6.45) is -0.415. The van der Waals surface area contributed by atoms with Crippen molar-refractivity contribution >= 4 is 23.3 Å². The minimum atomic E-state index is -0.415. The molecule has 114 valence electrons. The van der Waals surface area contributed by atoms with Crippen LogP contribution in [-0.4, -0.2) is 20.2 Å². The van der Waals surface area contributed by atoms with Crippen LogP contribution in [0.25, 0.3) is 0 Å². The molecule has 2 aromatic rings. The van der Waals surface area contributed by atoms with Crippen molar-refractivity contribution in [2.24, 2.45) is 0 Å². The first kappa shape index (κ1) is 14.5. The van der Waals surface area contributed by atoms with Crippen molar-refractivity contribution < 1.29 is 19.0 Å². The third-order valence-electron chi connectivity index (χ3n) is 3.42. The molecule has 1 atom stereocenters. The number of carbonyl (C=O) groups excluding carboxylic acids is 1. The van der Waals surface area contributed by atoms with Crippen molar-refractivity contribution in [3.63, 3.8) is 0 Å². The molecule has 0 radical (unpaired) electrons. The van der Waals surface area contributed by atoms with E-state index in [1.54, 1.807) is 31.4 Å². The van der Waals surface area contributed by atoms with Crippen LogP contribution in [0, 0.1) is 0 Å². The van der Waals surface area contributed by atoms with Crippen molar-refractivity contribution in [3.05, 3.63) is 52.5 Å².